The summed E-state index contributed by atoms with van der Waals surface area (Å²) in [6.45, 7) is 3.60. The highest BCUT2D eigenvalue weighted by Crippen LogP contribution is 2.22. The van der Waals surface area contributed by atoms with Crippen LogP contribution < -0.4 is 5.73 Å². The van der Waals surface area contributed by atoms with Crippen LogP contribution in [0.15, 0.2) is 24.4 Å². The van der Waals surface area contributed by atoms with Gasteiger partial charge in [0.15, 0.2) is 5.13 Å². The van der Waals surface area contributed by atoms with Crippen molar-refractivity contribution in [3.63, 3.8) is 0 Å². The molecule has 2 heterocycles. The van der Waals surface area contributed by atoms with Gasteiger partial charge in [-0.1, -0.05) is 6.58 Å². The van der Waals surface area contributed by atoms with E-state index in [1.165, 1.54) is 11.3 Å². The fourth-order valence-corrected chi connectivity index (χ4v) is 1.56. The summed E-state index contributed by atoms with van der Waals surface area (Å²) >= 11 is 1.42. The summed E-state index contributed by atoms with van der Waals surface area (Å²) in [6, 6.07) is 0. The maximum absolute atomic E-state index is 5.52. The average Bonchev–Trinajstić information content (AvgIpc) is 2.71. The summed E-state index contributed by atoms with van der Waals surface area (Å²) in [5.41, 5.74) is 7.32. The highest BCUT2D eigenvalue weighted by Gasteiger charge is 2.03. The molecule has 13 heavy (non-hydrogen) atoms. The van der Waals surface area contributed by atoms with Gasteiger partial charge >= 0.3 is 0 Å². The highest BCUT2D eigenvalue weighted by molar-refractivity contribution is 7.13. The van der Waals surface area contributed by atoms with Crippen LogP contribution in [0.2, 0.25) is 0 Å². The lowest BCUT2D eigenvalue weighted by Crippen LogP contribution is -1.82. The zero-order chi connectivity index (χ0) is 9.26. The smallest absolute Gasteiger partial charge is 0.180 e. The second-order valence-electron chi connectivity index (χ2n) is 2.46. The molecular formula is C8H8N4S. The normalized spacial score (nSPS) is 10.2. The first kappa shape index (κ1) is 8.00. The van der Waals surface area contributed by atoms with Crippen molar-refractivity contribution in [3.05, 3.63) is 24.4 Å². The fourth-order valence-electron chi connectivity index (χ4n) is 0.990. The van der Waals surface area contributed by atoms with Crippen LogP contribution in [-0.4, -0.2) is 14.8 Å². The topological polar surface area (TPSA) is 56.7 Å². The largest absolute Gasteiger partial charge is 0.375 e. The van der Waals surface area contributed by atoms with Gasteiger partial charge in [-0.3, -0.25) is 0 Å². The Hall–Kier alpha value is -1.62. The minimum atomic E-state index is 0.571. The molecular weight excluding hydrogens is 184 g/mol. The Bertz CT molecular complexity index is 429. The van der Waals surface area contributed by atoms with Crippen LogP contribution in [0.5, 0.6) is 0 Å². The monoisotopic (exact) mass is 192 g/mol. The quantitative estimate of drug-likeness (QED) is 0.787. The molecule has 0 saturated heterocycles. The Morgan fingerprint density at radius 3 is 3.00 bits per heavy atom. The lowest BCUT2D eigenvalue weighted by molar-refractivity contribution is 0.937. The van der Waals surface area contributed by atoms with Crippen molar-refractivity contribution in [2.75, 3.05) is 5.73 Å². The molecule has 0 fully saturated rings. The van der Waals surface area contributed by atoms with Crippen molar-refractivity contribution >= 4 is 22.7 Å². The van der Waals surface area contributed by atoms with E-state index in [-0.39, 0.29) is 0 Å². The Balaban J connectivity index is 2.40. The van der Waals surface area contributed by atoms with Crippen molar-refractivity contribution in [2.24, 2.45) is 0 Å². The summed E-state index contributed by atoms with van der Waals surface area (Å²) in [4.78, 5) is 4.14. The highest BCUT2D eigenvalue weighted by atomic mass is 32.1. The van der Waals surface area contributed by atoms with Crippen LogP contribution in [0, 0.1) is 0 Å². The molecule has 0 unspecified atom stereocenters. The number of thiazole rings is 1. The second-order valence-corrected chi connectivity index (χ2v) is 3.35. The van der Waals surface area contributed by atoms with Gasteiger partial charge in [0, 0.05) is 23.3 Å². The molecule has 0 aromatic carbocycles. The second kappa shape index (κ2) is 3.02. The number of rotatable bonds is 2. The summed E-state index contributed by atoms with van der Waals surface area (Å²) in [5.74, 6) is 0. The standard InChI is InChI=1S/C8H8N4S/c1-2-12-4-6(3-10-12)7-5-13-8(9)11-7/h2-5H,1H2,(H2,9,11). The number of nitrogens with two attached hydrogens (primary N) is 1. The maximum atomic E-state index is 5.52. The molecule has 0 bridgehead atoms. The Morgan fingerprint density at radius 2 is 2.46 bits per heavy atom. The molecule has 0 aliphatic rings. The molecule has 2 N–H and O–H groups in total. The third-order valence-electron chi connectivity index (χ3n) is 1.61. The first-order valence-electron chi connectivity index (χ1n) is 3.67. The van der Waals surface area contributed by atoms with Gasteiger partial charge in [0.05, 0.1) is 11.9 Å². The molecule has 0 radical (unpaired) electrons. The molecule has 0 amide bonds. The van der Waals surface area contributed by atoms with Gasteiger partial charge in [-0.25, -0.2) is 9.67 Å². The number of aromatic nitrogens is 3. The fraction of sp³-hybridized carbons (Fsp3) is 0. The predicted octanol–water partition coefficient (Wildman–Crippen LogP) is 1.69. The van der Waals surface area contributed by atoms with Gasteiger partial charge in [0.25, 0.3) is 0 Å². The third kappa shape index (κ3) is 1.46. The van der Waals surface area contributed by atoms with Crippen molar-refractivity contribution in [1.82, 2.24) is 14.8 Å². The van der Waals surface area contributed by atoms with Crippen LogP contribution >= 0.6 is 11.3 Å². The predicted molar refractivity (Wildman–Crippen MR) is 54.1 cm³/mol. The van der Waals surface area contributed by atoms with Crippen molar-refractivity contribution in [3.8, 4) is 11.3 Å². The van der Waals surface area contributed by atoms with Crippen LogP contribution in [-0.2, 0) is 0 Å². The minimum absolute atomic E-state index is 0.571. The van der Waals surface area contributed by atoms with Crippen LogP contribution in [0.3, 0.4) is 0 Å². The van der Waals surface area contributed by atoms with Crippen molar-refractivity contribution in [1.29, 1.82) is 0 Å². The lowest BCUT2D eigenvalue weighted by Gasteiger charge is -1.86. The number of hydrogen-bond donors (Lipinski definition) is 1. The van der Waals surface area contributed by atoms with E-state index < -0.39 is 0 Å². The summed E-state index contributed by atoms with van der Waals surface area (Å²) in [7, 11) is 0. The zero-order valence-electron chi connectivity index (χ0n) is 6.84. The van der Waals surface area contributed by atoms with Gasteiger partial charge in [-0.05, 0) is 0 Å². The Kier molecular flexibility index (Phi) is 1.86. The summed E-state index contributed by atoms with van der Waals surface area (Å²) < 4.78 is 1.63. The van der Waals surface area contributed by atoms with E-state index in [0.717, 1.165) is 11.3 Å². The molecule has 0 saturated carbocycles. The molecule has 4 nitrogen and oxygen atoms in total. The first-order valence-corrected chi connectivity index (χ1v) is 4.55. The molecule has 2 aromatic heterocycles. The molecule has 5 heteroatoms. The van der Waals surface area contributed by atoms with Crippen LogP contribution in [0.1, 0.15) is 0 Å². The van der Waals surface area contributed by atoms with Crippen LogP contribution in [0.4, 0.5) is 5.13 Å². The molecule has 0 atom stereocenters. The van der Waals surface area contributed by atoms with Gasteiger partial charge < -0.3 is 5.73 Å². The molecule has 0 spiro atoms. The number of nitrogen functional groups attached to an aromatic ring is 1. The van der Waals surface area contributed by atoms with E-state index in [0.29, 0.717) is 5.13 Å². The zero-order valence-corrected chi connectivity index (χ0v) is 7.66. The van der Waals surface area contributed by atoms with Gasteiger partial charge in [-0.2, -0.15) is 5.10 Å². The SMILES string of the molecule is C=Cn1cc(-c2csc(N)n2)cn1. The van der Waals surface area contributed by atoms with Gasteiger partial charge in [-0.15, -0.1) is 11.3 Å². The van der Waals surface area contributed by atoms with E-state index in [1.54, 1.807) is 17.1 Å². The molecule has 2 rings (SSSR count). The Labute approximate surface area is 79.3 Å². The number of anilines is 1. The van der Waals surface area contributed by atoms with E-state index in [4.69, 9.17) is 5.73 Å². The molecule has 2 aromatic rings. The minimum Gasteiger partial charge on any atom is -0.375 e. The van der Waals surface area contributed by atoms with E-state index in [1.807, 2.05) is 11.6 Å². The van der Waals surface area contributed by atoms with E-state index in [9.17, 15) is 0 Å². The average molecular weight is 192 g/mol. The van der Waals surface area contributed by atoms with Crippen LogP contribution in [0.25, 0.3) is 17.5 Å². The van der Waals surface area contributed by atoms with Crippen molar-refractivity contribution < 1.29 is 0 Å². The molecule has 0 aliphatic carbocycles. The third-order valence-corrected chi connectivity index (χ3v) is 2.28. The first-order chi connectivity index (χ1) is 6.29. The maximum Gasteiger partial charge on any atom is 0.180 e. The Morgan fingerprint density at radius 1 is 1.62 bits per heavy atom. The van der Waals surface area contributed by atoms with Crippen molar-refractivity contribution in [2.45, 2.75) is 0 Å². The molecule has 0 aliphatic heterocycles. The summed E-state index contributed by atoms with van der Waals surface area (Å²) in [6.07, 6.45) is 5.21. The van der Waals surface area contributed by atoms with Gasteiger partial charge in [0.2, 0.25) is 0 Å². The molecule has 66 valence electrons. The van der Waals surface area contributed by atoms with Gasteiger partial charge in [0.1, 0.15) is 0 Å². The lowest BCUT2D eigenvalue weighted by atomic mass is 10.3. The number of nitrogens with zero attached hydrogens (tertiary/aromatic N) is 3. The van der Waals surface area contributed by atoms with E-state index >= 15 is 0 Å². The van der Waals surface area contributed by atoms with E-state index in [2.05, 4.69) is 16.7 Å². The summed E-state index contributed by atoms with van der Waals surface area (Å²) in [5, 5.41) is 6.52. The number of hydrogen-bond acceptors (Lipinski definition) is 4.